The number of carbonyl (C=O) groups is 1. The minimum atomic E-state index is -0.00717. The summed E-state index contributed by atoms with van der Waals surface area (Å²) in [5.41, 5.74) is 1.57. The summed E-state index contributed by atoms with van der Waals surface area (Å²) in [6.45, 7) is 3.87. The van der Waals surface area contributed by atoms with Crippen LogP contribution in [0.3, 0.4) is 0 Å². The maximum atomic E-state index is 11.4. The summed E-state index contributed by atoms with van der Waals surface area (Å²) in [5, 5.41) is 3.35. The van der Waals surface area contributed by atoms with Crippen LogP contribution in [0.1, 0.15) is 13.8 Å². The van der Waals surface area contributed by atoms with Crippen molar-refractivity contribution in [3.05, 3.63) is 24.3 Å². The molecule has 90 valence electrons. The Morgan fingerprint density at radius 1 is 1.47 bits per heavy atom. The highest BCUT2D eigenvalue weighted by Gasteiger charge is 2.09. The van der Waals surface area contributed by atoms with E-state index in [9.17, 15) is 4.79 Å². The number of carbonyl (C=O) groups excluding carboxylic acids is 1. The van der Waals surface area contributed by atoms with Crippen LogP contribution in [0.15, 0.2) is 33.9 Å². The minimum Gasteiger partial charge on any atom is -0.431 e. The van der Waals surface area contributed by atoms with E-state index in [1.54, 1.807) is 0 Å². The summed E-state index contributed by atoms with van der Waals surface area (Å²) in [7, 11) is 0. The molecule has 4 nitrogen and oxygen atoms in total. The molecule has 1 amide bonds. The van der Waals surface area contributed by atoms with Crippen LogP contribution >= 0.6 is 11.8 Å². The highest BCUT2D eigenvalue weighted by Crippen LogP contribution is 2.22. The lowest BCUT2D eigenvalue weighted by atomic mass is 10.3. The summed E-state index contributed by atoms with van der Waals surface area (Å²) in [5.74, 6) is 0.317. The summed E-state index contributed by atoms with van der Waals surface area (Å²) < 4.78 is 5.50. The van der Waals surface area contributed by atoms with E-state index in [1.165, 1.54) is 11.8 Å². The maximum Gasteiger partial charge on any atom is 0.257 e. The average molecular weight is 250 g/mol. The normalized spacial score (nSPS) is 11.0. The second-order valence-corrected chi connectivity index (χ2v) is 4.88. The number of benzene rings is 1. The van der Waals surface area contributed by atoms with Crippen LogP contribution in [-0.4, -0.2) is 22.7 Å². The minimum absolute atomic E-state index is 0.00717. The van der Waals surface area contributed by atoms with Crippen LogP contribution in [0.4, 0.5) is 0 Å². The predicted octanol–water partition coefficient (Wildman–Crippen LogP) is 2.44. The first-order valence-corrected chi connectivity index (χ1v) is 6.41. The lowest BCUT2D eigenvalue weighted by Gasteiger charge is -2.06. The zero-order valence-corrected chi connectivity index (χ0v) is 10.6. The number of hydrogen-bond donors (Lipinski definition) is 1. The van der Waals surface area contributed by atoms with Crippen LogP contribution in [-0.2, 0) is 4.79 Å². The highest BCUT2D eigenvalue weighted by molar-refractivity contribution is 7.99. The molecule has 1 aromatic carbocycles. The first kappa shape index (κ1) is 12.0. The van der Waals surface area contributed by atoms with Gasteiger partial charge in [0.25, 0.3) is 5.22 Å². The van der Waals surface area contributed by atoms with Crippen molar-refractivity contribution in [2.24, 2.45) is 0 Å². The van der Waals surface area contributed by atoms with Gasteiger partial charge in [0.05, 0.1) is 5.75 Å². The number of nitrogens with one attached hydrogen (secondary N) is 1. The zero-order chi connectivity index (χ0) is 12.3. The Balaban J connectivity index is 1.97. The van der Waals surface area contributed by atoms with Gasteiger partial charge in [0.15, 0.2) is 5.58 Å². The van der Waals surface area contributed by atoms with Crippen molar-refractivity contribution in [1.29, 1.82) is 0 Å². The van der Waals surface area contributed by atoms with Gasteiger partial charge in [-0.05, 0) is 26.0 Å². The van der Waals surface area contributed by atoms with Gasteiger partial charge in [-0.1, -0.05) is 23.9 Å². The van der Waals surface area contributed by atoms with Crippen molar-refractivity contribution < 1.29 is 9.21 Å². The molecule has 0 bridgehead atoms. The lowest BCUT2D eigenvalue weighted by molar-refractivity contribution is -0.119. The van der Waals surface area contributed by atoms with Crippen molar-refractivity contribution in [1.82, 2.24) is 10.3 Å². The monoisotopic (exact) mass is 250 g/mol. The summed E-state index contributed by atoms with van der Waals surface area (Å²) in [6, 6.07) is 7.71. The number of para-hydroxylation sites is 2. The molecule has 17 heavy (non-hydrogen) atoms. The fourth-order valence-electron chi connectivity index (χ4n) is 1.40. The van der Waals surface area contributed by atoms with Gasteiger partial charge in [-0.3, -0.25) is 4.79 Å². The summed E-state index contributed by atoms with van der Waals surface area (Å²) >= 11 is 1.31. The largest absolute Gasteiger partial charge is 0.431 e. The van der Waals surface area contributed by atoms with Crippen molar-refractivity contribution in [3.8, 4) is 0 Å². The van der Waals surface area contributed by atoms with E-state index in [1.807, 2.05) is 38.1 Å². The number of amides is 1. The molecular weight excluding hydrogens is 236 g/mol. The van der Waals surface area contributed by atoms with Crippen molar-refractivity contribution in [2.45, 2.75) is 25.1 Å². The number of rotatable bonds is 4. The third kappa shape index (κ3) is 3.23. The molecule has 2 rings (SSSR count). The number of oxazole rings is 1. The molecule has 0 fully saturated rings. The van der Waals surface area contributed by atoms with Gasteiger partial charge in [0.1, 0.15) is 5.52 Å². The third-order valence-corrected chi connectivity index (χ3v) is 2.88. The van der Waals surface area contributed by atoms with Gasteiger partial charge < -0.3 is 9.73 Å². The Bertz CT molecular complexity index is 489. The Labute approximate surface area is 104 Å². The molecule has 1 aromatic heterocycles. The molecule has 0 aliphatic heterocycles. The van der Waals surface area contributed by atoms with Crippen LogP contribution in [0.25, 0.3) is 11.1 Å². The second-order valence-electron chi connectivity index (χ2n) is 3.96. The van der Waals surface area contributed by atoms with E-state index in [-0.39, 0.29) is 11.9 Å². The highest BCUT2D eigenvalue weighted by atomic mass is 32.2. The van der Waals surface area contributed by atoms with E-state index in [4.69, 9.17) is 4.42 Å². The first-order chi connectivity index (χ1) is 8.15. The number of hydrogen-bond acceptors (Lipinski definition) is 4. The van der Waals surface area contributed by atoms with Crippen molar-refractivity contribution >= 4 is 28.8 Å². The fraction of sp³-hybridized carbons (Fsp3) is 0.333. The molecule has 0 saturated heterocycles. The van der Waals surface area contributed by atoms with Crippen molar-refractivity contribution in [2.75, 3.05) is 5.75 Å². The van der Waals surface area contributed by atoms with Gasteiger partial charge in [0, 0.05) is 6.04 Å². The van der Waals surface area contributed by atoms with Gasteiger partial charge in [0.2, 0.25) is 5.91 Å². The van der Waals surface area contributed by atoms with Gasteiger partial charge in [-0.2, -0.15) is 0 Å². The zero-order valence-electron chi connectivity index (χ0n) is 9.77. The smallest absolute Gasteiger partial charge is 0.257 e. The topological polar surface area (TPSA) is 55.1 Å². The SMILES string of the molecule is CC(C)NC(=O)CSc1nc2ccccc2o1. The number of aromatic nitrogens is 1. The van der Waals surface area contributed by atoms with Gasteiger partial charge in [-0.25, -0.2) is 4.98 Å². The maximum absolute atomic E-state index is 11.4. The van der Waals surface area contributed by atoms with Crippen LogP contribution in [0.2, 0.25) is 0 Å². The van der Waals surface area contributed by atoms with Crippen LogP contribution in [0, 0.1) is 0 Å². The predicted molar refractivity (Wildman–Crippen MR) is 68.0 cm³/mol. The molecule has 0 aliphatic carbocycles. The van der Waals surface area contributed by atoms with E-state index in [2.05, 4.69) is 10.3 Å². The molecule has 0 aliphatic rings. The molecule has 0 spiro atoms. The molecule has 1 heterocycles. The first-order valence-electron chi connectivity index (χ1n) is 5.43. The molecular formula is C12H14N2O2S. The molecule has 1 N–H and O–H groups in total. The number of nitrogens with zero attached hydrogens (tertiary/aromatic N) is 1. The lowest BCUT2D eigenvalue weighted by Crippen LogP contribution is -2.31. The Morgan fingerprint density at radius 2 is 2.24 bits per heavy atom. The van der Waals surface area contributed by atoms with Crippen molar-refractivity contribution in [3.63, 3.8) is 0 Å². The average Bonchev–Trinajstić information content (AvgIpc) is 2.68. The third-order valence-electron chi connectivity index (χ3n) is 2.05. The van der Waals surface area contributed by atoms with E-state index >= 15 is 0 Å². The van der Waals surface area contributed by atoms with Gasteiger partial charge in [-0.15, -0.1) is 0 Å². The van der Waals surface area contributed by atoms with E-state index < -0.39 is 0 Å². The van der Waals surface area contributed by atoms with Crippen LogP contribution < -0.4 is 5.32 Å². The summed E-state index contributed by atoms with van der Waals surface area (Å²) in [6.07, 6.45) is 0. The quantitative estimate of drug-likeness (QED) is 0.847. The molecule has 0 unspecified atom stereocenters. The van der Waals surface area contributed by atoms with E-state index in [0.29, 0.717) is 11.0 Å². The molecule has 0 radical (unpaired) electrons. The molecule has 5 heteroatoms. The Morgan fingerprint density at radius 3 is 2.94 bits per heavy atom. The van der Waals surface area contributed by atoms with Gasteiger partial charge >= 0.3 is 0 Å². The molecule has 0 atom stereocenters. The summed E-state index contributed by atoms with van der Waals surface area (Å²) in [4.78, 5) is 15.7. The Kier molecular flexibility index (Phi) is 3.68. The number of thioether (sulfide) groups is 1. The Hall–Kier alpha value is -1.49. The number of fused-ring (bicyclic) bond motifs is 1. The standard InChI is InChI=1S/C12H14N2O2S/c1-8(2)13-11(15)7-17-12-14-9-5-3-4-6-10(9)16-12/h3-6,8H,7H2,1-2H3,(H,13,15). The fourth-order valence-corrected chi connectivity index (χ4v) is 2.05. The van der Waals surface area contributed by atoms with Crippen LogP contribution in [0.5, 0.6) is 0 Å². The molecule has 0 saturated carbocycles. The van der Waals surface area contributed by atoms with E-state index in [0.717, 1.165) is 11.1 Å². The molecule has 2 aromatic rings. The second kappa shape index (κ2) is 5.23.